The molecule has 84 valence electrons. The fraction of sp³-hybridized carbons (Fsp3) is 0.500. The van der Waals surface area contributed by atoms with Gasteiger partial charge in [0.05, 0.1) is 11.4 Å². The van der Waals surface area contributed by atoms with E-state index < -0.39 is 0 Å². The van der Waals surface area contributed by atoms with Gasteiger partial charge >= 0.3 is 0 Å². The molecular formula is C12H19BrN2. The largest absolute Gasteiger partial charge is 0.397 e. The lowest BCUT2D eigenvalue weighted by atomic mass is 10.1. The van der Waals surface area contributed by atoms with E-state index in [9.17, 15) is 0 Å². The van der Waals surface area contributed by atoms with Crippen molar-refractivity contribution in [1.29, 1.82) is 0 Å². The number of rotatable bonds is 5. The van der Waals surface area contributed by atoms with Crippen LogP contribution in [0, 0.1) is 5.92 Å². The Kier molecular flexibility index (Phi) is 4.95. The summed E-state index contributed by atoms with van der Waals surface area (Å²) >= 11 is 3.39. The van der Waals surface area contributed by atoms with Crippen molar-refractivity contribution >= 4 is 27.3 Å². The van der Waals surface area contributed by atoms with Gasteiger partial charge in [-0.25, -0.2) is 0 Å². The van der Waals surface area contributed by atoms with Crippen LogP contribution in [0.3, 0.4) is 0 Å². The van der Waals surface area contributed by atoms with Crippen molar-refractivity contribution in [2.24, 2.45) is 5.92 Å². The highest BCUT2D eigenvalue weighted by molar-refractivity contribution is 9.10. The van der Waals surface area contributed by atoms with Crippen LogP contribution in [0.1, 0.15) is 26.7 Å². The number of nitrogen functional groups attached to an aromatic ring is 1. The Balaban J connectivity index is 2.37. The van der Waals surface area contributed by atoms with E-state index in [1.165, 1.54) is 12.8 Å². The summed E-state index contributed by atoms with van der Waals surface area (Å²) in [5.41, 5.74) is 7.70. The maximum atomic E-state index is 5.87. The van der Waals surface area contributed by atoms with E-state index in [4.69, 9.17) is 5.73 Å². The molecule has 3 heteroatoms. The van der Waals surface area contributed by atoms with Crippen molar-refractivity contribution in [3.63, 3.8) is 0 Å². The molecule has 0 aromatic heterocycles. The summed E-state index contributed by atoms with van der Waals surface area (Å²) in [5.74, 6) is 0.772. The number of anilines is 2. The smallest absolute Gasteiger partial charge is 0.0574 e. The van der Waals surface area contributed by atoms with Gasteiger partial charge in [0.1, 0.15) is 0 Å². The second-order valence-corrected chi connectivity index (χ2v) is 5.11. The first-order valence-corrected chi connectivity index (χ1v) is 6.18. The van der Waals surface area contributed by atoms with Crippen LogP contribution in [0.5, 0.6) is 0 Å². The molecule has 0 aliphatic heterocycles. The van der Waals surface area contributed by atoms with Crippen molar-refractivity contribution in [3.8, 4) is 0 Å². The first-order valence-electron chi connectivity index (χ1n) is 5.38. The van der Waals surface area contributed by atoms with Gasteiger partial charge in [0.2, 0.25) is 0 Å². The third kappa shape index (κ3) is 4.56. The van der Waals surface area contributed by atoms with Crippen molar-refractivity contribution in [3.05, 3.63) is 22.7 Å². The minimum atomic E-state index is 0.772. The van der Waals surface area contributed by atoms with Gasteiger partial charge in [-0.05, 0) is 37.0 Å². The van der Waals surface area contributed by atoms with Gasteiger partial charge < -0.3 is 11.1 Å². The van der Waals surface area contributed by atoms with E-state index in [0.29, 0.717) is 0 Å². The van der Waals surface area contributed by atoms with Gasteiger partial charge in [0.25, 0.3) is 0 Å². The molecule has 0 aliphatic carbocycles. The molecule has 0 heterocycles. The predicted molar refractivity (Wildman–Crippen MR) is 71.1 cm³/mol. The first kappa shape index (κ1) is 12.4. The molecule has 1 rings (SSSR count). The zero-order chi connectivity index (χ0) is 11.3. The molecule has 0 amide bonds. The van der Waals surface area contributed by atoms with Gasteiger partial charge in [-0.3, -0.25) is 0 Å². The van der Waals surface area contributed by atoms with E-state index in [0.717, 1.165) is 28.3 Å². The molecule has 15 heavy (non-hydrogen) atoms. The molecule has 0 atom stereocenters. The van der Waals surface area contributed by atoms with Crippen molar-refractivity contribution < 1.29 is 0 Å². The Morgan fingerprint density at radius 1 is 1.40 bits per heavy atom. The summed E-state index contributed by atoms with van der Waals surface area (Å²) in [7, 11) is 0. The van der Waals surface area contributed by atoms with Crippen LogP contribution >= 0.6 is 15.9 Å². The maximum absolute atomic E-state index is 5.87. The van der Waals surface area contributed by atoms with Crippen LogP contribution < -0.4 is 11.1 Å². The molecule has 0 aliphatic rings. The summed E-state index contributed by atoms with van der Waals surface area (Å²) in [6.45, 7) is 5.48. The zero-order valence-corrected chi connectivity index (χ0v) is 11.0. The molecule has 0 spiro atoms. The van der Waals surface area contributed by atoms with Crippen LogP contribution in [0.25, 0.3) is 0 Å². The van der Waals surface area contributed by atoms with Crippen molar-refractivity contribution in [2.45, 2.75) is 26.7 Å². The van der Waals surface area contributed by atoms with E-state index >= 15 is 0 Å². The molecular weight excluding hydrogens is 252 g/mol. The molecule has 0 bridgehead atoms. The molecule has 0 fully saturated rings. The quantitative estimate of drug-likeness (QED) is 0.630. The number of halogens is 1. The predicted octanol–water partition coefficient (Wildman–Crippen LogP) is 3.88. The molecule has 3 N–H and O–H groups in total. The monoisotopic (exact) mass is 270 g/mol. The number of hydrogen-bond donors (Lipinski definition) is 2. The molecule has 1 aromatic carbocycles. The Labute approximate surface area is 100 Å². The van der Waals surface area contributed by atoms with E-state index in [1.54, 1.807) is 0 Å². The summed E-state index contributed by atoms with van der Waals surface area (Å²) in [6, 6.07) is 5.93. The Morgan fingerprint density at radius 2 is 2.13 bits per heavy atom. The number of nitrogens with two attached hydrogens (primary N) is 1. The lowest BCUT2D eigenvalue weighted by molar-refractivity contribution is 0.567. The minimum Gasteiger partial charge on any atom is -0.397 e. The van der Waals surface area contributed by atoms with E-state index in [2.05, 4.69) is 35.1 Å². The Bertz CT molecular complexity index is 310. The summed E-state index contributed by atoms with van der Waals surface area (Å²) in [5, 5.41) is 3.35. The topological polar surface area (TPSA) is 38.0 Å². The van der Waals surface area contributed by atoms with Crippen LogP contribution in [-0.2, 0) is 0 Å². The van der Waals surface area contributed by atoms with Crippen molar-refractivity contribution in [2.75, 3.05) is 17.6 Å². The summed E-state index contributed by atoms with van der Waals surface area (Å²) < 4.78 is 1.02. The molecule has 0 unspecified atom stereocenters. The first-order chi connectivity index (χ1) is 7.09. The highest BCUT2D eigenvalue weighted by Crippen LogP contribution is 2.22. The van der Waals surface area contributed by atoms with Crippen LogP contribution in [0.4, 0.5) is 11.4 Å². The Morgan fingerprint density at radius 3 is 2.73 bits per heavy atom. The lowest BCUT2D eigenvalue weighted by Crippen LogP contribution is -2.05. The highest BCUT2D eigenvalue weighted by atomic mass is 79.9. The number of benzene rings is 1. The van der Waals surface area contributed by atoms with Gasteiger partial charge in [-0.1, -0.05) is 29.8 Å². The van der Waals surface area contributed by atoms with Crippen LogP contribution in [0.15, 0.2) is 22.7 Å². The van der Waals surface area contributed by atoms with Crippen LogP contribution in [0.2, 0.25) is 0 Å². The summed E-state index contributed by atoms with van der Waals surface area (Å²) in [6.07, 6.45) is 2.44. The normalized spacial score (nSPS) is 10.7. The number of hydrogen-bond acceptors (Lipinski definition) is 2. The third-order valence-electron chi connectivity index (χ3n) is 2.29. The standard InChI is InChI=1S/C12H19BrN2/c1-9(2)4-3-7-15-12-6-5-10(13)8-11(12)14/h5-6,8-9,15H,3-4,7,14H2,1-2H3. The van der Waals surface area contributed by atoms with E-state index in [1.807, 2.05) is 18.2 Å². The fourth-order valence-electron chi connectivity index (χ4n) is 1.43. The van der Waals surface area contributed by atoms with Gasteiger partial charge in [0.15, 0.2) is 0 Å². The second-order valence-electron chi connectivity index (χ2n) is 4.19. The SMILES string of the molecule is CC(C)CCCNc1ccc(Br)cc1N. The molecule has 0 saturated heterocycles. The second kappa shape index (κ2) is 6.01. The minimum absolute atomic E-state index is 0.772. The van der Waals surface area contributed by atoms with Crippen molar-refractivity contribution in [1.82, 2.24) is 0 Å². The average molecular weight is 271 g/mol. The van der Waals surface area contributed by atoms with Crippen LogP contribution in [-0.4, -0.2) is 6.54 Å². The third-order valence-corrected chi connectivity index (χ3v) is 2.78. The molecule has 1 aromatic rings. The summed E-state index contributed by atoms with van der Waals surface area (Å²) in [4.78, 5) is 0. The van der Waals surface area contributed by atoms with Gasteiger partial charge in [0, 0.05) is 11.0 Å². The van der Waals surface area contributed by atoms with Gasteiger partial charge in [-0.15, -0.1) is 0 Å². The van der Waals surface area contributed by atoms with E-state index in [-0.39, 0.29) is 0 Å². The van der Waals surface area contributed by atoms with Gasteiger partial charge in [-0.2, -0.15) is 0 Å². The number of nitrogens with one attached hydrogen (secondary N) is 1. The maximum Gasteiger partial charge on any atom is 0.0574 e. The fourth-order valence-corrected chi connectivity index (χ4v) is 1.81. The average Bonchev–Trinajstić information content (AvgIpc) is 2.14. The lowest BCUT2D eigenvalue weighted by Gasteiger charge is -2.10. The molecule has 0 radical (unpaired) electrons. The molecule has 2 nitrogen and oxygen atoms in total. The zero-order valence-electron chi connectivity index (χ0n) is 9.39. The Hall–Kier alpha value is -0.700. The molecule has 0 saturated carbocycles. The highest BCUT2D eigenvalue weighted by Gasteiger charge is 1.99.